The van der Waals surface area contributed by atoms with Crippen molar-refractivity contribution in [3.63, 3.8) is 0 Å². The number of rotatable bonds is 4. The number of hydrogen-bond donors (Lipinski definition) is 2. The highest BCUT2D eigenvalue weighted by atomic mass is 19.2. The summed E-state index contributed by atoms with van der Waals surface area (Å²) in [6.07, 6.45) is 2.77. The highest BCUT2D eigenvalue weighted by Gasteiger charge is 2.37. The molecule has 9 heteroatoms. The number of nitrogens with zero attached hydrogens (tertiary/aromatic N) is 2. The molecule has 34 heavy (non-hydrogen) atoms. The molecular formula is C25H23F2N3O4. The van der Waals surface area contributed by atoms with Crippen molar-refractivity contribution in [1.29, 1.82) is 0 Å². The molecule has 2 aromatic carbocycles. The van der Waals surface area contributed by atoms with Crippen molar-refractivity contribution in [1.82, 2.24) is 14.8 Å². The van der Waals surface area contributed by atoms with Crippen molar-refractivity contribution in [3.8, 4) is 5.69 Å². The van der Waals surface area contributed by atoms with Crippen LogP contribution in [0.15, 0.2) is 36.5 Å². The molecule has 4 heterocycles. The van der Waals surface area contributed by atoms with E-state index >= 15 is 0 Å². The Labute approximate surface area is 193 Å². The van der Waals surface area contributed by atoms with Gasteiger partial charge in [-0.2, -0.15) is 5.10 Å². The van der Waals surface area contributed by atoms with Gasteiger partial charge in [0.15, 0.2) is 17.7 Å². The summed E-state index contributed by atoms with van der Waals surface area (Å²) in [7, 11) is 0. The Bertz CT molecular complexity index is 1410. The molecule has 7 nitrogen and oxygen atoms in total. The molecule has 2 aliphatic heterocycles. The summed E-state index contributed by atoms with van der Waals surface area (Å²) in [5, 5.41) is 18.5. The third kappa shape index (κ3) is 3.38. The molecule has 2 aliphatic rings. The molecule has 0 aliphatic carbocycles. The minimum Gasteiger partial charge on any atom is -0.479 e. The van der Waals surface area contributed by atoms with Gasteiger partial charge in [0, 0.05) is 53.3 Å². The van der Waals surface area contributed by atoms with Crippen molar-refractivity contribution in [2.75, 3.05) is 19.8 Å². The topological polar surface area (TPSA) is 89.4 Å². The average Bonchev–Trinajstić information content (AvgIpc) is 3.56. The standard InChI is InChI=1S/C25H23F2N3O4/c26-18-2-1-16(9-19(18)27)30-21-7-14-11-28-29-20(14)10-17(21)23(15-8-22(25(31)32)34-12-15)24(30)13-3-5-33-6-4-13/h1-2,7,9-11,13,15,22H,3-6,8,12H2,(H,28,29)(H,31,32)/t15-,22+/m1/s1. The lowest BCUT2D eigenvalue weighted by atomic mass is 9.86. The maximum Gasteiger partial charge on any atom is 0.332 e. The minimum atomic E-state index is -0.976. The van der Waals surface area contributed by atoms with E-state index in [1.165, 1.54) is 6.07 Å². The third-order valence-corrected chi connectivity index (χ3v) is 7.05. The summed E-state index contributed by atoms with van der Waals surface area (Å²) < 4.78 is 41.5. The molecule has 176 valence electrons. The lowest BCUT2D eigenvalue weighted by molar-refractivity contribution is -0.147. The van der Waals surface area contributed by atoms with E-state index in [4.69, 9.17) is 9.47 Å². The summed E-state index contributed by atoms with van der Waals surface area (Å²) in [6, 6.07) is 7.94. The van der Waals surface area contributed by atoms with E-state index in [1.54, 1.807) is 12.3 Å². The number of carbonyl (C=O) groups is 1. The zero-order chi connectivity index (χ0) is 23.4. The van der Waals surface area contributed by atoms with Gasteiger partial charge in [0.2, 0.25) is 0 Å². The molecule has 4 aromatic rings. The van der Waals surface area contributed by atoms with Gasteiger partial charge in [-0.1, -0.05) is 0 Å². The van der Waals surface area contributed by atoms with Crippen molar-refractivity contribution < 1.29 is 28.2 Å². The first-order valence-corrected chi connectivity index (χ1v) is 11.4. The summed E-state index contributed by atoms with van der Waals surface area (Å²) in [4.78, 5) is 11.6. The first-order chi connectivity index (χ1) is 16.5. The first kappa shape index (κ1) is 21.2. The van der Waals surface area contributed by atoms with Crippen LogP contribution in [0.25, 0.3) is 27.5 Å². The van der Waals surface area contributed by atoms with Crippen LogP contribution in [0.2, 0.25) is 0 Å². The number of hydrogen-bond acceptors (Lipinski definition) is 4. The molecule has 2 aromatic heterocycles. The van der Waals surface area contributed by atoms with E-state index in [1.807, 2.05) is 16.7 Å². The number of ether oxygens (including phenoxy) is 2. The van der Waals surface area contributed by atoms with Crippen LogP contribution in [0.4, 0.5) is 8.78 Å². The fraction of sp³-hybridized carbons (Fsp3) is 0.360. The zero-order valence-electron chi connectivity index (χ0n) is 18.3. The van der Waals surface area contributed by atoms with Gasteiger partial charge in [-0.15, -0.1) is 0 Å². The number of aromatic nitrogens is 3. The molecule has 2 atom stereocenters. The molecule has 2 N–H and O–H groups in total. The second kappa shape index (κ2) is 8.18. The van der Waals surface area contributed by atoms with E-state index in [0.29, 0.717) is 25.3 Å². The smallest absolute Gasteiger partial charge is 0.332 e. The van der Waals surface area contributed by atoms with Gasteiger partial charge in [-0.05, 0) is 49.1 Å². The lowest BCUT2D eigenvalue weighted by Crippen LogP contribution is -2.20. The number of benzene rings is 2. The maximum atomic E-state index is 14.4. The van der Waals surface area contributed by atoms with Gasteiger partial charge >= 0.3 is 5.97 Å². The second-order valence-electron chi connectivity index (χ2n) is 9.04. The predicted octanol–water partition coefficient (Wildman–Crippen LogP) is 4.64. The minimum absolute atomic E-state index is 0.115. The summed E-state index contributed by atoms with van der Waals surface area (Å²) >= 11 is 0. The molecular weight excluding hydrogens is 444 g/mol. The van der Waals surface area contributed by atoms with E-state index in [-0.39, 0.29) is 18.4 Å². The average molecular weight is 467 g/mol. The number of nitrogens with one attached hydrogen (secondary N) is 1. The molecule has 0 bridgehead atoms. The van der Waals surface area contributed by atoms with Gasteiger partial charge < -0.3 is 19.1 Å². The molecule has 2 saturated heterocycles. The number of H-pyrrole nitrogens is 1. The first-order valence-electron chi connectivity index (χ1n) is 11.4. The third-order valence-electron chi connectivity index (χ3n) is 7.05. The Morgan fingerprint density at radius 2 is 1.94 bits per heavy atom. The zero-order valence-corrected chi connectivity index (χ0v) is 18.3. The SMILES string of the molecule is O=C(O)[C@@H]1C[C@@H](c2c(C3CCOCC3)n(-c3ccc(F)c(F)c3)c3cc4cn[nH]c4cc23)CO1. The van der Waals surface area contributed by atoms with Gasteiger partial charge in [-0.25, -0.2) is 13.6 Å². The molecule has 0 saturated carbocycles. The van der Waals surface area contributed by atoms with E-state index in [9.17, 15) is 18.7 Å². The summed E-state index contributed by atoms with van der Waals surface area (Å²) in [5.41, 5.74) is 4.21. The van der Waals surface area contributed by atoms with Gasteiger partial charge in [-0.3, -0.25) is 5.10 Å². The van der Waals surface area contributed by atoms with Crippen LogP contribution in [0.5, 0.6) is 0 Å². The van der Waals surface area contributed by atoms with Gasteiger partial charge in [0.25, 0.3) is 0 Å². The van der Waals surface area contributed by atoms with Crippen LogP contribution in [0.3, 0.4) is 0 Å². The highest BCUT2D eigenvalue weighted by Crippen LogP contribution is 2.45. The van der Waals surface area contributed by atoms with E-state index in [0.717, 1.165) is 52.0 Å². The number of aromatic amines is 1. The number of aliphatic carboxylic acids is 1. The number of fused-ring (bicyclic) bond motifs is 2. The molecule has 2 fully saturated rings. The Morgan fingerprint density at radius 1 is 1.12 bits per heavy atom. The molecule has 0 unspecified atom stereocenters. The van der Waals surface area contributed by atoms with Crippen LogP contribution in [0.1, 0.15) is 42.4 Å². The Hall–Kier alpha value is -3.30. The fourth-order valence-electron chi connectivity index (χ4n) is 5.47. The molecule has 0 spiro atoms. The van der Waals surface area contributed by atoms with Crippen molar-refractivity contribution in [2.24, 2.45) is 0 Å². The van der Waals surface area contributed by atoms with Crippen LogP contribution < -0.4 is 0 Å². The second-order valence-corrected chi connectivity index (χ2v) is 9.04. The number of carboxylic acids is 1. The van der Waals surface area contributed by atoms with Crippen LogP contribution >= 0.6 is 0 Å². The summed E-state index contributed by atoms with van der Waals surface area (Å²) in [6.45, 7) is 1.49. The Kier molecular flexibility index (Phi) is 5.11. The Morgan fingerprint density at radius 3 is 2.68 bits per heavy atom. The van der Waals surface area contributed by atoms with Crippen molar-refractivity contribution >= 4 is 27.8 Å². The molecule has 6 rings (SSSR count). The normalized spacial score (nSPS) is 21.6. The predicted molar refractivity (Wildman–Crippen MR) is 120 cm³/mol. The van der Waals surface area contributed by atoms with Crippen molar-refractivity contribution in [3.05, 3.63) is 59.4 Å². The van der Waals surface area contributed by atoms with E-state index in [2.05, 4.69) is 10.2 Å². The van der Waals surface area contributed by atoms with Crippen LogP contribution in [0, 0.1) is 11.6 Å². The monoisotopic (exact) mass is 467 g/mol. The maximum absolute atomic E-state index is 14.4. The lowest BCUT2D eigenvalue weighted by Gasteiger charge is -2.27. The Balaban J connectivity index is 1.66. The van der Waals surface area contributed by atoms with Crippen LogP contribution in [-0.4, -0.2) is 51.8 Å². The van der Waals surface area contributed by atoms with Crippen LogP contribution in [-0.2, 0) is 14.3 Å². The quantitative estimate of drug-likeness (QED) is 0.457. The largest absolute Gasteiger partial charge is 0.479 e. The number of carboxylic acid groups (broad SMARTS) is 1. The highest BCUT2D eigenvalue weighted by molar-refractivity contribution is 5.99. The molecule has 0 radical (unpaired) electrons. The molecule has 0 amide bonds. The number of halogens is 2. The van der Waals surface area contributed by atoms with Gasteiger partial charge in [0.05, 0.1) is 23.8 Å². The summed E-state index contributed by atoms with van der Waals surface area (Å²) in [5.74, 6) is -2.83. The fourth-order valence-corrected chi connectivity index (χ4v) is 5.47. The van der Waals surface area contributed by atoms with E-state index < -0.39 is 23.7 Å². The van der Waals surface area contributed by atoms with Gasteiger partial charge in [0.1, 0.15) is 0 Å². The van der Waals surface area contributed by atoms with Crippen molar-refractivity contribution in [2.45, 2.75) is 37.2 Å².